The summed E-state index contributed by atoms with van der Waals surface area (Å²) in [4.78, 5) is 39.1. The lowest BCUT2D eigenvalue weighted by Gasteiger charge is -2.35. The van der Waals surface area contributed by atoms with Crippen molar-refractivity contribution in [1.29, 1.82) is 0 Å². The second kappa shape index (κ2) is 11.3. The SMILES string of the molecule is CCCN1C(=O)NC(c2cccc(NC(=O)Nc3cc(C(F)(F)F)cc(C(F)(F)F)c3)c2)C(C(=O)OC)=C1C. The number of anilines is 2. The van der Waals surface area contributed by atoms with E-state index in [0.29, 0.717) is 36.4 Å². The quantitative estimate of drug-likeness (QED) is 0.287. The number of carbonyl (C=O) groups excluding carboxylic acids is 3. The predicted octanol–water partition coefficient (Wildman–Crippen LogP) is 6.29. The van der Waals surface area contributed by atoms with Crippen LogP contribution in [0.2, 0.25) is 0 Å². The summed E-state index contributed by atoms with van der Waals surface area (Å²) in [5.41, 5.74) is -2.94. The molecular weight excluding hydrogens is 534 g/mol. The second-order valence-electron chi connectivity index (χ2n) is 8.52. The molecule has 2 aromatic rings. The number of benzene rings is 2. The second-order valence-corrected chi connectivity index (χ2v) is 8.52. The third kappa shape index (κ3) is 6.81. The average Bonchev–Trinajstić information content (AvgIpc) is 2.84. The van der Waals surface area contributed by atoms with Gasteiger partial charge in [0, 0.05) is 23.6 Å². The van der Waals surface area contributed by atoms with E-state index in [9.17, 15) is 40.7 Å². The van der Waals surface area contributed by atoms with Crippen LogP contribution in [0.25, 0.3) is 0 Å². The average molecular weight is 558 g/mol. The smallest absolute Gasteiger partial charge is 0.416 e. The van der Waals surface area contributed by atoms with E-state index in [1.54, 1.807) is 13.0 Å². The van der Waals surface area contributed by atoms with E-state index in [2.05, 4.69) is 10.6 Å². The molecule has 0 saturated heterocycles. The highest BCUT2D eigenvalue weighted by atomic mass is 19.4. The summed E-state index contributed by atoms with van der Waals surface area (Å²) in [5.74, 6) is -0.695. The fourth-order valence-corrected chi connectivity index (χ4v) is 4.02. The lowest BCUT2D eigenvalue weighted by atomic mass is 9.94. The fourth-order valence-electron chi connectivity index (χ4n) is 4.02. The minimum absolute atomic E-state index is 0.0545. The maximum Gasteiger partial charge on any atom is 0.416 e. The molecule has 1 atom stereocenters. The highest BCUT2D eigenvalue weighted by Crippen LogP contribution is 2.38. The Morgan fingerprint density at radius 1 is 0.974 bits per heavy atom. The molecular formula is C25H24F6N4O4. The molecule has 1 aliphatic rings. The summed E-state index contributed by atoms with van der Waals surface area (Å²) in [6, 6.07) is 3.98. The van der Waals surface area contributed by atoms with Gasteiger partial charge in [0.2, 0.25) is 0 Å². The van der Waals surface area contributed by atoms with E-state index in [0.717, 1.165) is 0 Å². The number of esters is 1. The van der Waals surface area contributed by atoms with Crippen molar-refractivity contribution in [2.75, 3.05) is 24.3 Å². The Morgan fingerprint density at radius 3 is 2.10 bits per heavy atom. The summed E-state index contributed by atoms with van der Waals surface area (Å²) in [6.45, 7) is 3.79. The molecule has 1 unspecified atom stereocenters. The Labute approximate surface area is 219 Å². The first-order valence-electron chi connectivity index (χ1n) is 11.5. The van der Waals surface area contributed by atoms with E-state index < -0.39 is 53.2 Å². The number of amides is 4. The van der Waals surface area contributed by atoms with E-state index in [4.69, 9.17) is 4.74 Å². The number of nitrogens with one attached hydrogen (secondary N) is 3. The number of nitrogens with zero attached hydrogens (tertiary/aromatic N) is 1. The molecule has 0 spiro atoms. The zero-order valence-electron chi connectivity index (χ0n) is 20.9. The lowest BCUT2D eigenvalue weighted by Crippen LogP contribution is -2.48. The molecule has 2 aromatic carbocycles. The van der Waals surface area contributed by atoms with Crippen LogP contribution in [0.4, 0.5) is 47.3 Å². The van der Waals surface area contributed by atoms with Gasteiger partial charge in [-0.15, -0.1) is 0 Å². The first-order chi connectivity index (χ1) is 18.1. The zero-order chi connectivity index (χ0) is 29.1. The molecule has 0 aliphatic carbocycles. The number of hydrogen-bond donors (Lipinski definition) is 3. The van der Waals surface area contributed by atoms with Crippen molar-refractivity contribution >= 4 is 29.4 Å². The molecule has 210 valence electrons. The molecule has 3 rings (SSSR count). The van der Waals surface area contributed by atoms with Crippen molar-refractivity contribution < 1.29 is 45.5 Å². The van der Waals surface area contributed by atoms with Crippen LogP contribution in [0.5, 0.6) is 0 Å². The van der Waals surface area contributed by atoms with Crippen molar-refractivity contribution in [1.82, 2.24) is 10.2 Å². The molecule has 1 heterocycles. The first-order valence-corrected chi connectivity index (χ1v) is 11.5. The van der Waals surface area contributed by atoms with E-state index >= 15 is 0 Å². The van der Waals surface area contributed by atoms with Crippen LogP contribution < -0.4 is 16.0 Å². The molecule has 3 N–H and O–H groups in total. The normalized spacial score (nSPS) is 16.1. The third-order valence-electron chi connectivity index (χ3n) is 5.77. The van der Waals surface area contributed by atoms with Gasteiger partial charge in [0.15, 0.2) is 0 Å². The molecule has 0 fully saturated rings. The number of methoxy groups -OCH3 is 1. The molecule has 39 heavy (non-hydrogen) atoms. The number of carbonyl (C=O) groups is 3. The fraction of sp³-hybridized carbons (Fsp3) is 0.320. The molecule has 0 radical (unpaired) electrons. The predicted molar refractivity (Wildman–Crippen MR) is 129 cm³/mol. The Kier molecular flexibility index (Phi) is 8.46. The lowest BCUT2D eigenvalue weighted by molar-refractivity contribution is -0.143. The van der Waals surface area contributed by atoms with Crippen LogP contribution in [0, 0.1) is 0 Å². The minimum Gasteiger partial charge on any atom is -0.466 e. The van der Waals surface area contributed by atoms with Gasteiger partial charge in [-0.2, -0.15) is 26.3 Å². The Bertz CT molecular complexity index is 1270. The molecule has 14 heteroatoms. The first kappa shape index (κ1) is 29.3. The summed E-state index contributed by atoms with van der Waals surface area (Å²) >= 11 is 0. The molecule has 0 bridgehead atoms. The third-order valence-corrected chi connectivity index (χ3v) is 5.77. The van der Waals surface area contributed by atoms with E-state index in [1.165, 1.54) is 30.2 Å². The molecule has 0 saturated carbocycles. The monoisotopic (exact) mass is 558 g/mol. The molecule has 1 aliphatic heterocycles. The van der Waals surface area contributed by atoms with Crippen molar-refractivity contribution in [3.63, 3.8) is 0 Å². The summed E-state index contributed by atoms with van der Waals surface area (Å²) in [6.07, 6.45) is -9.54. The number of rotatable bonds is 6. The number of halogens is 6. The van der Waals surface area contributed by atoms with Crippen LogP contribution in [-0.2, 0) is 21.9 Å². The minimum atomic E-state index is -5.08. The van der Waals surface area contributed by atoms with Gasteiger partial charge in [-0.25, -0.2) is 14.4 Å². The van der Waals surface area contributed by atoms with Gasteiger partial charge in [-0.3, -0.25) is 4.90 Å². The zero-order valence-corrected chi connectivity index (χ0v) is 20.9. The summed E-state index contributed by atoms with van der Waals surface area (Å²) in [5, 5.41) is 7.01. The standard InChI is InChI=1S/C25H24F6N4O4/c1-4-8-35-13(2)19(21(36)39-3)20(34-23(35)38)14-6-5-7-17(9-14)32-22(37)33-18-11-15(24(26,27)28)10-16(12-18)25(29,30)31/h5-7,9-12,20H,4,8H2,1-3H3,(H,34,38)(H2,32,33,37). The molecule has 4 amide bonds. The van der Waals surface area contributed by atoms with Gasteiger partial charge in [-0.05, 0) is 49.2 Å². The Hall–Kier alpha value is -4.23. The molecule has 8 nitrogen and oxygen atoms in total. The van der Waals surface area contributed by atoms with Gasteiger partial charge in [0.25, 0.3) is 0 Å². The number of urea groups is 2. The number of alkyl halides is 6. The van der Waals surface area contributed by atoms with Crippen molar-refractivity contribution in [3.8, 4) is 0 Å². The highest BCUT2D eigenvalue weighted by molar-refractivity contribution is 6.00. The topological polar surface area (TPSA) is 99.8 Å². The Morgan fingerprint density at radius 2 is 1.56 bits per heavy atom. The van der Waals surface area contributed by atoms with Crippen LogP contribution in [0.1, 0.15) is 43.0 Å². The van der Waals surface area contributed by atoms with Gasteiger partial charge in [0.1, 0.15) is 0 Å². The van der Waals surface area contributed by atoms with Crippen LogP contribution in [-0.4, -0.2) is 36.6 Å². The van der Waals surface area contributed by atoms with Crippen LogP contribution in [0.15, 0.2) is 53.7 Å². The van der Waals surface area contributed by atoms with Crippen molar-refractivity contribution in [2.45, 2.75) is 38.7 Å². The van der Waals surface area contributed by atoms with Gasteiger partial charge in [-0.1, -0.05) is 19.1 Å². The van der Waals surface area contributed by atoms with E-state index in [1.807, 2.05) is 12.2 Å². The number of ether oxygens (including phenoxy) is 1. The molecule has 0 aromatic heterocycles. The highest BCUT2D eigenvalue weighted by Gasteiger charge is 2.38. The maximum atomic E-state index is 13.1. The Balaban J connectivity index is 1.89. The largest absolute Gasteiger partial charge is 0.466 e. The van der Waals surface area contributed by atoms with Gasteiger partial charge >= 0.3 is 30.4 Å². The van der Waals surface area contributed by atoms with E-state index in [-0.39, 0.29) is 17.3 Å². The summed E-state index contributed by atoms with van der Waals surface area (Å²) in [7, 11) is 1.18. The van der Waals surface area contributed by atoms with Gasteiger partial charge < -0.3 is 20.7 Å². The van der Waals surface area contributed by atoms with Gasteiger partial charge in [0.05, 0.1) is 29.9 Å². The van der Waals surface area contributed by atoms with Crippen LogP contribution >= 0.6 is 0 Å². The maximum absolute atomic E-state index is 13.1. The summed E-state index contributed by atoms with van der Waals surface area (Å²) < 4.78 is 83.6. The number of allylic oxidation sites excluding steroid dienone is 1. The van der Waals surface area contributed by atoms with Crippen molar-refractivity contribution in [2.24, 2.45) is 0 Å². The number of hydrogen-bond acceptors (Lipinski definition) is 4. The van der Waals surface area contributed by atoms with Crippen molar-refractivity contribution in [3.05, 3.63) is 70.4 Å². The van der Waals surface area contributed by atoms with Crippen LogP contribution in [0.3, 0.4) is 0 Å².